The third-order valence-corrected chi connectivity index (χ3v) is 2.21. The Morgan fingerprint density at radius 1 is 1.37 bits per heavy atom. The molecular weight excluding hydrogens is 254 g/mol. The number of carboxylic acids is 1. The lowest BCUT2D eigenvalue weighted by Gasteiger charge is -2.06. The Bertz CT molecular complexity index is 650. The van der Waals surface area contributed by atoms with Crippen molar-refractivity contribution in [2.24, 2.45) is 0 Å². The summed E-state index contributed by atoms with van der Waals surface area (Å²) in [5.41, 5.74) is -0.216. The lowest BCUT2D eigenvalue weighted by Crippen LogP contribution is -2.16. The maximum Gasteiger partial charge on any atom is 0.337 e. The molecule has 0 bridgehead atoms. The van der Waals surface area contributed by atoms with Gasteiger partial charge in [0.15, 0.2) is 0 Å². The second-order valence-corrected chi connectivity index (χ2v) is 3.63. The summed E-state index contributed by atoms with van der Waals surface area (Å²) in [7, 11) is 0. The van der Waals surface area contributed by atoms with E-state index >= 15 is 0 Å². The molecule has 0 radical (unpaired) electrons. The van der Waals surface area contributed by atoms with Crippen LogP contribution in [-0.4, -0.2) is 32.2 Å². The van der Waals surface area contributed by atoms with Crippen molar-refractivity contribution >= 4 is 17.6 Å². The quantitative estimate of drug-likeness (QED) is 0.706. The third-order valence-electron chi connectivity index (χ3n) is 2.21. The second-order valence-electron chi connectivity index (χ2n) is 3.63. The van der Waals surface area contributed by atoms with E-state index in [0.717, 1.165) is 6.07 Å². The standard InChI is InChI=1S/C11H9N3O5/c1-5-12-9(14-19-5)10(16)13-8-3-2-6(15)4-7(8)11(17)18/h2-4,15H,1H3,(H,13,16)(H,17,18). The fraction of sp³-hybridized carbons (Fsp3) is 0.0909. The number of aryl methyl sites for hydroxylation is 1. The van der Waals surface area contributed by atoms with Gasteiger partial charge >= 0.3 is 5.97 Å². The molecule has 0 unspecified atom stereocenters. The number of phenolic OH excluding ortho intramolecular Hbond substituents is 1. The van der Waals surface area contributed by atoms with Gasteiger partial charge < -0.3 is 20.1 Å². The normalized spacial score (nSPS) is 10.2. The molecule has 0 atom stereocenters. The fourth-order valence-corrected chi connectivity index (χ4v) is 1.39. The Morgan fingerprint density at radius 2 is 2.11 bits per heavy atom. The first kappa shape index (κ1) is 12.6. The van der Waals surface area contributed by atoms with Gasteiger partial charge in [-0.15, -0.1) is 0 Å². The molecule has 2 rings (SSSR count). The molecular formula is C11H9N3O5. The molecule has 0 spiro atoms. The van der Waals surface area contributed by atoms with Crippen molar-refractivity contribution in [1.29, 1.82) is 0 Å². The van der Waals surface area contributed by atoms with E-state index in [0.29, 0.717) is 0 Å². The smallest absolute Gasteiger partial charge is 0.337 e. The van der Waals surface area contributed by atoms with Gasteiger partial charge in [0.05, 0.1) is 11.3 Å². The highest BCUT2D eigenvalue weighted by atomic mass is 16.5. The van der Waals surface area contributed by atoms with Crippen molar-refractivity contribution in [2.45, 2.75) is 6.92 Å². The van der Waals surface area contributed by atoms with Crippen molar-refractivity contribution in [1.82, 2.24) is 10.1 Å². The van der Waals surface area contributed by atoms with Crippen molar-refractivity contribution < 1.29 is 24.3 Å². The first-order valence-electron chi connectivity index (χ1n) is 5.15. The number of carbonyl (C=O) groups excluding carboxylic acids is 1. The minimum atomic E-state index is -1.28. The predicted octanol–water partition coefficient (Wildman–Crippen LogP) is 1.03. The Kier molecular flexibility index (Phi) is 3.15. The first-order valence-corrected chi connectivity index (χ1v) is 5.15. The summed E-state index contributed by atoms with van der Waals surface area (Å²) in [5.74, 6) is -2.19. The Balaban J connectivity index is 2.28. The average Bonchev–Trinajstić information content (AvgIpc) is 2.78. The van der Waals surface area contributed by atoms with Gasteiger partial charge in [-0.3, -0.25) is 4.79 Å². The summed E-state index contributed by atoms with van der Waals surface area (Å²) in [4.78, 5) is 26.4. The second kappa shape index (κ2) is 4.77. The van der Waals surface area contributed by atoms with Crippen LogP contribution in [0.1, 0.15) is 26.9 Å². The molecule has 0 saturated heterocycles. The van der Waals surface area contributed by atoms with Gasteiger partial charge in [-0.1, -0.05) is 5.16 Å². The maximum absolute atomic E-state index is 11.7. The van der Waals surface area contributed by atoms with E-state index in [1.54, 1.807) is 0 Å². The zero-order valence-corrected chi connectivity index (χ0v) is 9.75. The zero-order valence-electron chi connectivity index (χ0n) is 9.75. The number of aromatic nitrogens is 2. The zero-order chi connectivity index (χ0) is 14.0. The van der Waals surface area contributed by atoms with Gasteiger partial charge in [0.2, 0.25) is 5.89 Å². The van der Waals surface area contributed by atoms with Gasteiger partial charge in [-0.25, -0.2) is 4.79 Å². The lowest BCUT2D eigenvalue weighted by atomic mass is 10.1. The highest BCUT2D eigenvalue weighted by Gasteiger charge is 2.17. The van der Waals surface area contributed by atoms with E-state index in [1.807, 2.05) is 0 Å². The molecule has 8 heteroatoms. The van der Waals surface area contributed by atoms with Crippen LogP contribution >= 0.6 is 0 Å². The molecule has 0 saturated carbocycles. The summed E-state index contributed by atoms with van der Waals surface area (Å²) in [6.45, 7) is 1.52. The van der Waals surface area contributed by atoms with Crippen LogP contribution in [0.4, 0.5) is 5.69 Å². The summed E-state index contributed by atoms with van der Waals surface area (Å²) in [6, 6.07) is 3.55. The van der Waals surface area contributed by atoms with Crippen LogP contribution in [0.15, 0.2) is 22.7 Å². The van der Waals surface area contributed by atoms with E-state index in [2.05, 4.69) is 20.0 Å². The lowest BCUT2D eigenvalue weighted by molar-refractivity contribution is 0.0697. The fourth-order valence-electron chi connectivity index (χ4n) is 1.39. The number of rotatable bonds is 3. The van der Waals surface area contributed by atoms with Gasteiger partial charge in [0.25, 0.3) is 11.7 Å². The molecule has 2 aromatic rings. The van der Waals surface area contributed by atoms with Crippen LogP contribution in [-0.2, 0) is 0 Å². The number of amides is 1. The molecule has 8 nitrogen and oxygen atoms in total. The molecule has 0 aliphatic rings. The Labute approximate surface area is 106 Å². The number of phenols is 1. The molecule has 1 aromatic carbocycles. The Morgan fingerprint density at radius 3 is 2.68 bits per heavy atom. The predicted molar refractivity (Wildman–Crippen MR) is 62.1 cm³/mol. The summed E-state index contributed by atoms with van der Waals surface area (Å²) >= 11 is 0. The first-order chi connectivity index (χ1) is 8.97. The average molecular weight is 263 g/mol. The number of anilines is 1. The molecule has 1 amide bonds. The van der Waals surface area contributed by atoms with E-state index in [-0.39, 0.29) is 28.7 Å². The SMILES string of the molecule is Cc1nc(C(=O)Nc2ccc(O)cc2C(=O)O)no1. The number of nitrogens with zero attached hydrogens (tertiary/aromatic N) is 2. The molecule has 0 fully saturated rings. The van der Waals surface area contributed by atoms with E-state index in [4.69, 9.17) is 5.11 Å². The van der Waals surface area contributed by atoms with E-state index in [9.17, 15) is 14.7 Å². The summed E-state index contributed by atoms with van der Waals surface area (Å²) < 4.78 is 4.64. The van der Waals surface area contributed by atoms with Crippen molar-refractivity contribution in [2.75, 3.05) is 5.32 Å². The molecule has 0 aliphatic carbocycles. The van der Waals surface area contributed by atoms with Crippen LogP contribution in [0.5, 0.6) is 5.75 Å². The highest BCUT2D eigenvalue weighted by Crippen LogP contribution is 2.21. The summed E-state index contributed by atoms with van der Waals surface area (Å²) in [6.07, 6.45) is 0. The van der Waals surface area contributed by atoms with Crippen LogP contribution in [0.2, 0.25) is 0 Å². The van der Waals surface area contributed by atoms with Gasteiger partial charge in [0, 0.05) is 6.92 Å². The topological polar surface area (TPSA) is 126 Å². The van der Waals surface area contributed by atoms with Crippen molar-refractivity contribution in [3.05, 3.63) is 35.5 Å². The van der Waals surface area contributed by atoms with Crippen LogP contribution < -0.4 is 5.32 Å². The van der Waals surface area contributed by atoms with E-state index in [1.165, 1.54) is 19.1 Å². The largest absolute Gasteiger partial charge is 0.508 e. The molecule has 0 aliphatic heterocycles. The number of benzene rings is 1. The van der Waals surface area contributed by atoms with Crippen LogP contribution in [0.3, 0.4) is 0 Å². The Hall–Kier alpha value is -2.90. The van der Waals surface area contributed by atoms with Gasteiger partial charge in [-0.2, -0.15) is 4.98 Å². The number of hydrogen-bond acceptors (Lipinski definition) is 6. The third kappa shape index (κ3) is 2.68. The molecule has 98 valence electrons. The monoisotopic (exact) mass is 263 g/mol. The van der Waals surface area contributed by atoms with Gasteiger partial charge in [0.1, 0.15) is 5.75 Å². The molecule has 1 aromatic heterocycles. The van der Waals surface area contributed by atoms with Crippen molar-refractivity contribution in [3.8, 4) is 5.75 Å². The molecule has 1 heterocycles. The van der Waals surface area contributed by atoms with Crippen molar-refractivity contribution in [3.63, 3.8) is 0 Å². The number of carbonyl (C=O) groups is 2. The highest BCUT2D eigenvalue weighted by molar-refractivity contribution is 6.06. The minimum absolute atomic E-state index is 0.0257. The van der Waals surface area contributed by atoms with Crippen LogP contribution in [0, 0.1) is 6.92 Å². The number of carboxylic acid groups (broad SMARTS) is 1. The number of aromatic carboxylic acids is 1. The molecule has 19 heavy (non-hydrogen) atoms. The maximum atomic E-state index is 11.7. The number of hydrogen-bond donors (Lipinski definition) is 3. The molecule has 3 N–H and O–H groups in total. The minimum Gasteiger partial charge on any atom is -0.508 e. The van der Waals surface area contributed by atoms with Crippen LogP contribution in [0.25, 0.3) is 0 Å². The van der Waals surface area contributed by atoms with Gasteiger partial charge in [-0.05, 0) is 18.2 Å². The van der Waals surface area contributed by atoms with E-state index < -0.39 is 11.9 Å². The number of aromatic hydroxyl groups is 1. The number of nitrogens with one attached hydrogen (secondary N) is 1. The summed E-state index contributed by atoms with van der Waals surface area (Å²) in [5, 5.41) is 23.9.